The van der Waals surface area contributed by atoms with Gasteiger partial charge in [-0.1, -0.05) is 44.2 Å². The molecule has 2 unspecified atom stereocenters. The van der Waals surface area contributed by atoms with Crippen molar-refractivity contribution in [1.29, 1.82) is 0 Å². The molecule has 4 heteroatoms. The van der Waals surface area contributed by atoms with Gasteiger partial charge in [0.1, 0.15) is 0 Å². The van der Waals surface area contributed by atoms with E-state index in [0.29, 0.717) is 6.42 Å². The molecule has 1 rings (SSSR count). The first-order valence-electron chi connectivity index (χ1n) is 7.46. The fourth-order valence-corrected chi connectivity index (χ4v) is 4.23. The lowest BCUT2D eigenvalue weighted by Gasteiger charge is -2.29. The van der Waals surface area contributed by atoms with Crippen LogP contribution in [0, 0.1) is 0 Å². The molecule has 1 aromatic carbocycles. The normalized spacial score (nSPS) is 15.2. The number of sulfone groups is 1. The van der Waals surface area contributed by atoms with Crippen LogP contribution < -0.4 is 5.32 Å². The van der Waals surface area contributed by atoms with E-state index in [-0.39, 0.29) is 16.5 Å². The van der Waals surface area contributed by atoms with Crippen LogP contribution in [0.3, 0.4) is 0 Å². The Morgan fingerprint density at radius 1 is 1.10 bits per heavy atom. The van der Waals surface area contributed by atoms with Gasteiger partial charge in [-0.05, 0) is 38.8 Å². The Hall–Kier alpha value is -0.870. The first-order chi connectivity index (χ1) is 9.45. The third-order valence-corrected chi connectivity index (χ3v) is 6.39. The van der Waals surface area contributed by atoms with E-state index < -0.39 is 9.84 Å². The van der Waals surface area contributed by atoms with Gasteiger partial charge in [-0.25, -0.2) is 8.42 Å². The fourth-order valence-electron chi connectivity index (χ4n) is 2.43. The highest BCUT2D eigenvalue weighted by Crippen LogP contribution is 2.27. The van der Waals surface area contributed by atoms with E-state index in [1.165, 1.54) is 0 Å². The molecule has 0 aliphatic carbocycles. The minimum Gasteiger partial charge on any atom is -0.309 e. The van der Waals surface area contributed by atoms with Crippen molar-refractivity contribution >= 4 is 9.84 Å². The van der Waals surface area contributed by atoms with Gasteiger partial charge in [0.2, 0.25) is 0 Å². The summed E-state index contributed by atoms with van der Waals surface area (Å²) in [6.45, 7) is 8.39. The van der Waals surface area contributed by atoms with Crippen molar-refractivity contribution in [1.82, 2.24) is 5.32 Å². The van der Waals surface area contributed by atoms with E-state index in [1.807, 2.05) is 37.3 Å². The maximum absolute atomic E-state index is 12.6. The molecule has 1 aromatic rings. The van der Waals surface area contributed by atoms with Crippen LogP contribution in [0.25, 0.3) is 0 Å². The number of benzene rings is 1. The highest BCUT2D eigenvalue weighted by atomic mass is 32.2. The molecular formula is C16H27NO2S. The zero-order valence-corrected chi connectivity index (χ0v) is 13.8. The van der Waals surface area contributed by atoms with Gasteiger partial charge in [0, 0.05) is 6.04 Å². The van der Waals surface area contributed by atoms with Crippen molar-refractivity contribution in [2.45, 2.75) is 57.1 Å². The average molecular weight is 297 g/mol. The number of hydrogen-bond acceptors (Lipinski definition) is 3. The minimum atomic E-state index is -3.13. The van der Waals surface area contributed by atoms with Crippen LogP contribution in [0.2, 0.25) is 0 Å². The van der Waals surface area contributed by atoms with Crippen molar-refractivity contribution in [3.05, 3.63) is 35.9 Å². The highest BCUT2D eigenvalue weighted by molar-refractivity contribution is 7.92. The molecule has 114 valence electrons. The van der Waals surface area contributed by atoms with Crippen LogP contribution in [0.15, 0.2) is 30.3 Å². The summed E-state index contributed by atoms with van der Waals surface area (Å²) in [5.74, 6) is 0. The summed E-state index contributed by atoms with van der Waals surface area (Å²) in [6, 6.07) is 9.76. The Balaban J connectivity index is 3.14. The van der Waals surface area contributed by atoms with E-state index in [0.717, 1.165) is 18.5 Å². The largest absolute Gasteiger partial charge is 0.309 e. The van der Waals surface area contributed by atoms with Crippen LogP contribution in [-0.4, -0.2) is 25.5 Å². The molecule has 0 aromatic heterocycles. The smallest absolute Gasteiger partial charge is 0.157 e. The molecule has 1 N–H and O–H groups in total. The first kappa shape index (κ1) is 17.2. The summed E-state index contributed by atoms with van der Waals surface area (Å²) < 4.78 is 25.2. The molecule has 0 bridgehead atoms. The van der Waals surface area contributed by atoms with E-state index in [1.54, 1.807) is 13.8 Å². The molecular weight excluding hydrogens is 270 g/mol. The lowest BCUT2D eigenvalue weighted by atomic mass is 10.0. The van der Waals surface area contributed by atoms with Gasteiger partial charge in [0.25, 0.3) is 0 Å². The van der Waals surface area contributed by atoms with Crippen molar-refractivity contribution in [3.8, 4) is 0 Å². The van der Waals surface area contributed by atoms with Crippen molar-refractivity contribution in [2.75, 3.05) is 6.54 Å². The van der Waals surface area contributed by atoms with E-state index in [4.69, 9.17) is 0 Å². The molecule has 20 heavy (non-hydrogen) atoms. The summed E-state index contributed by atoms with van der Waals surface area (Å²) >= 11 is 0. The maximum atomic E-state index is 12.6. The van der Waals surface area contributed by atoms with Crippen LogP contribution in [-0.2, 0) is 9.84 Å². The predicted octanol–water partition coefficient (Wildman–Crippen LogP) is 3.33. The first-order valence-corrected chi connectivity index (χ1v) is 9.07. The third kappa shape index (κ3) is 4.06. The van der Waals surface area contributed by atoms with Gasteiger partial charge >= 0.3 is 0 Å². The van der Waals surface area contributed by atoms with Gasteiger partial charge in [-0.3, -0.25) is 0 Å². The molecule has 0 heterocycles. The second-order valence-corrected chi connectivity index (χ2v) is 8.15. The maximum Gasteiger partial charge on any atom is 0.157 e. The van der Waals surface area contributed by atoms with E-state index in [2.05, 4.69) is 12.2 Å². The van der Waals surface area contributed by atoms with Gasteiger partial charge < -0.3 is 5.32 Å². The van der Waals surface area contributed by atoms with Gasteiger partial charge in [-0.2, -0.15) is 0 Å². The number of nitrogens with one attached hydrogen (secondary N) is 1. The van der Waals surface area contributed by atoms with Crippen LogP contribution >= 0.6 is 0 Å². The molecule has 0 amide bonds. The van der Waals surface area contributed by atoms with E-state index >= 15 is 0 Å². The molecule has 0 spiro atoms. The second-order valence-electron chi connectivity index (χ2n) is 5.43. The van der Waals surface area contributed by atoms with Crippen molar-refractivity contribution in [3.63, 3.8) is 0 Å². The molecule has 0 radical (unpaired) electrons. The standard InChI is InChI=1S/C16H27NO2S/c1-5-12-17-16(14-10-8-7-9-11-14)15(6-2)20(18,19)13(3)4/h7-11,13,15-17H,5-6,12H2,1-4H3. The Bertz CT molecular complexity index is 482. The third-order valence-electron chi connectivity index (χ3n) is 3.63. The molecule has 0 aliphatic heterocycles. The molecule has 2 atom stereocenters. The summed E-state index contributed by atoms with van der Waals surface area (Å²) in [6.07, 6.45) is 1.61. The molecule has 0 fully saturated rings. The summed E-state index contributed by atoms with van der Waals surface area (Å²) in [7, 11) is -3.13. The summed E-state index contributed by atoms with van der Waals surface area (Å²) in [5.41, 5.74) is 1.05. The van der Waals surface area contributed by atoms with Gasteiger partial charge in [-0.15, -0.1) is 0 Å². The highest BCUT2D eigenvalue weighted by Gasteiger charge is 2.34. The lowest BCUT2D eigenvalue weighted by molar-refractivity contribution is 0.473. The summed E-state index contributed by atoms with van der Waals surface area (Å²) in [4.78, 5) is 0. The lowest BCUT2D eigenvalue weighted by Crippen LogP contribution is -2.40. The van der Waals surface area contributed by atoms with E-state index in [9.17, 15) is 8.42 Å². The van der Waals surface area contributed by atoms with Crippen molar-refractivity contribution < 1.29 is 8.42 Å². The quantitative estimate of drug-likeness (QED) is 0.800. The fraction of sp³-hybridized carbons (Fsp3) is 0.625. The predicted molar refractivity (Wildman–Crippen MR) is 85.6 cm³/mol. The monoisotopic (exact) mass is 297 g/mol. The zero-order valence-electron chi connectivity index (χ0n) is 13.0. The minimum absolute atomic E-state index is 0.131. The Kier molecular flexibility index (Phi) is 6.69. The Labute approximate surface area is 123 Å². The topological polar surface area (TPSA) is 46.2 Å². The number of hydrogen-bond donors (Lipinski definition) is 1. The Morgan fingerprint density at radius 3 is 2.15 bits per heavy atom. The van der Waals surface area contributed by atoms with Crippen LogP contribution in [0.4, 0.5) is 0 Å². The van der Waals surface area contributed by atoms with Gasteiger partial charge in [0.05, 0.1) is 10.5 Å². The van der Waals surface area contributed by atoms with Crippen molar-refractivity contribution in [2.24, 2.45) is 0 Å². The average Bonchev–Trinajstić information content (AvgIpc) is 2.43. The summed E-state index contributed by atoms with van der Waals surface area (Å²) in [5, 5.41) is 2.69. The molecule has 3 nitrogen and oxygen atoms in total. The van der Waals surface area contributed by atoms with Crippen LogP contribution in [0.5, 0.6) is 0 Å². The zero-order chi connectivity index (χ0) is 15.2. The molecule has 0 aliphatic rings. The van der Waals surface area contributed by atoms with Crippen LogP contribution in [0.1, 0.15) is 52.1 Å². The number of rotatable bonds is 8. The SMILES string of the molecule is CCCNC(c1ccccc1)C(CC)S(=O)(=O)C(C)C. The second kappa shape index (κ2) is 7.79. The Morgan fingerprint density at radius 2 is 1.70 bits per heavy atom. The molecule has 0 saturated carbocycles. The van der Waals surface area contributed by atoms with Gasteiger partial charge in [0.15, 0.2) is 9.84 Å². The molecule has 0 saturated heterocycles.